The van der Waals surface area contributed by atoms with Gasteiger partial charge in [-0.2, -0.15) is 0 Å². The van der Waals surface area contributed by atoms with Crippen molar-refractivity contribution in [1.29, 1.82) is 0 Å². The van der Waals surface area contributed by atoms with Gasteiger partial charge in [-0.25, -0.2) is 0 Å². The Kier molecular flexibility index (Phi) is 5.45. The minimum Gasteiger partial charge on any atom is -0.324 e. The van der Waals surface area contributed by atoms with Gasteiger partial charge in [-0.1, -0.05) is 63.8 Å². The van der Waals surface area contributed by atoms with Crippen molar-refractivity contribution in [3.05, 3.63) is 35.4 Å². The van der Waals surface area contributed by atoms with E-state index in [0.717, 1.165) is 5.92 Å². The van der Waals surface area contributed by atoms with Gasteiger partial charge in [0, 0.05) is 6.04 Å². The second kappa shape index (κ2) is 7.09. The highest BCUT2D eigenvalue weighted by Crippen LogP contribution is 2.36. The van der Waals surface area contributed by atoms with Crippen molar-refractivity contribution in [2.24, 2.45) is 17.6 Å². The summed E-state index contributed by atoms with van der Waals surface area (Å²) in [5.41, 5.74) is 9.25. The van der Waals surface area contributed by atoms with Crippen LogP contribution in [0.1, 0.15) is 69.5 Å². The largest absolute Gasteiger partial charge is 0.324 e. The molecule has 2 rings (SSSR count). The van der Waals surface area contributed by atoms with E-state index < -0.39 is 0 Å². The van der Waals surface area contributed by atoms with Crippen molar-refractivity contribution in [2.45, 2.75) is 64.8 Å². The summed E-state index contributed by atoms with van der Waals surface area (Å²) in [7, 11) is 0. The maximum absolute atomic E-state index is 6.48. The third-order valence-electron chi connectivity index (χ3n) is 4.88. The van der Waals surface area contributed by atoms with Crippen molar-refractivity contribution in [1.82, 2.24) is 0 Å². The fraction of sp³-hybridized carbons (Fsp3) is 0.667. The van der Waals surface area contributed by atoms with Crippen molar-refractivity contribution >= 4 is 0 Å². The highest BCUT2D eigenvalue weighted by molar-refractivity contribution is 5.25. The first-order chi connectivity index (χ1) is 9.24. The first-order valence-electron chi connectivity index (χ1n) is 8.09. The van der Waals surface area contributed by atoms with Crippen LogP contribution in [0.25, 0.3) is 0 Å². The molecule has 0 aromatic heterocycles. The van der Waals surface area contributed by atoms with Crippen LogP contribution < -0.4 is 5.73 Å². The molecular formula is C18H29N. The van der Waals surface area contributed by atoms with Crippen LogP contribution in [0.15, 0.2) is 24.3 Å². The van der Waals surface area contributed by atoms with Crippen LogP contribution in [0.5, 0.6) is 0 Å². The van der Waals surface area contributed by atoms with E-state index in [2.05, 4.69) is 38.1 Å². The molecule has 0 saturated heterocycles. The zero-order chi connectivity index (χ0) is 13.7. The number of aryl methyl sites for hydroxylation is 1. The number of benzene rings is 1. The molecule has 1 heteroatoms. The van der Waals surface area contributed by atoms with Crippen molar-refractivity contribution < 1.29 is 0 Å². The molecule has 1 unspecified atom stereocenters. The molecule has 0 bridgehead atoms. The van der Waals surface area contributed by atoms with Crippen LogP contribution in [0.2, 0.25) is 0 Å². The monoisotopic (exact) mass is 259 g/mol. The van der Waals surface area contributed by atoms with E-state index in [9.17, 15) is 0 Å². The molecule has 0 amide bonds. The van der Waals surface area contributed by atoms with Crippen LogP contribution in [0, 0.1) is 11.8 Å². The second-order valence-electron chi connectivity index (χ2n) is 6.21. The van der Waals surface area contributed by atoms with Crippen LogP contribution in [0.4, 0.5) is 0 Å². The summed E-state index contributed by atoms with van der Waals surface area (Å²) < 4.78 is 0. The highest BCUT2D eigenvalue weighted by atomic mass is 14.7. The predicted octanol–water partition coefficient (Wildman–Crippen LogP) is 4.86. The number of nitrogens with two attached hydrogens (primary N) is 1. The van der Waals surface area contributed by atoms with E-state index in [1.54, 1.807) is 0 Å². The third kappa shape index (κ3) is 3.82. The Balaban J connectivity index is 1.94. The number of hydrogen-bond acceptors (Lipinski definition) is 1. The fourth-order valence-corrected chi connectivity index (χ4v) is 3.42. The van der Waals surface area contributed by atoms with E-state index in [1.165, 1.54) is 56.1 Å². The molecule has 0 spiro atoms. The lowest BCUT2D eigenvalue weighted by atomic mass is 9.76. The van der Waals surface area contributed by atoms with E-state index in [0.29, 0.717) is 5.92 Å². The summed E-state index contributed by atoms with van der Waals surface area (Å²) in [5, 5.41) is 0. The van der Waals surface area contributed by atoms with Gasteiger partial charge in [-0.05, 0) is 42.2 Å². The second-order valence-corrected chi connectivity index (χ2v) is 6.21. The van der Waals surface area contributed by atoms with Crippen LogP contribution in [-0.4, -0.2) is 0 Å². The molecule has 1 aliphatic carbocycles. The fourth-order valence-electron chi connectivity index (χ4n) is 3.42. The maximum atomic E-state index is 6.48. The molecule has 1 aliphatic rings. The smallest absolute Gasteiger partial charge is 0.0323 e. The van der Waals surface area contributed by atoms with Gasteiger partial charge in [0.15, 0.2) is 0 Å². The van der Waals surface area contributed by atoms with Gasteiger partial charge in [0.25, 0.3) is 0 Å². The quantitative estimate of drug-likeness (QED) is 0.803. The van der Waals surface area contributed by atoms with Gasteiger partial charge in [0.05, 0.1) is 0 Å². The van der Waals surface area contributed by atoms with E-state index in [1.807, 2.05) is 0 Å². The van der Waals surface area contributed by atoms with Gasteiger partial charge in [0.2, 0.25) is 0 Å². The Hall–Kier alpha value is -0.820. The molecule has 2 N–H and O–H groups in total. The molecule has 0 heterocycles. The van der Waals surface area contributed by atoms with Gasteiger partial charge >= 0.3 is 0 Å². The third-order valence-corrected chi connectivity index (χ3v) is 4.88. The first-order valence-corrected chi connectivity index (χ1v) is 8.09. The van der Waals surface area contributed by atoms with Crippen LogP contribution in [-0.2, 0) is 6.42 Å². The summed E-state index contributed by atoms with van der Waals surface area (Å²) in [4.78, 5) is 0. The lowest BCUT2D eigenvalue weighted by Gasteiger charge is -2.32. The van der Waals surface area contributed by atoms with Crippen LogP contribution in [0.3, 0.4) is 0 Å². The minimum atomic E-state index is 0.244. The summed E-state index contributed by atoms with van der Waals surface area (Å²) in [5.74, 6) is 1.65. The molecule has 1 saturated carbocycles. The molecule has 0 radical (unpaired) electrons. The molecule has 1 aromatic rings. The Morgan fingerprint density at radius 3 is 2.21 bits per heavy atom. The molecular weight excluding hydrogens is 230 g/mol. The van der Waals surface area contributed by atoms with Crippen molar-refractivity contribution in [3.8, 4) is 0 Å². The average molecular weight is 259 g/mol. The lowest BCUT2D eigenvalue weighted by molar-refractivity contribution is 0.240. The molecule has 106 valence electrons. The standard InChI is InChI=1S/C18H29N/c1-3-5-15-8-12-17(13-9-15)18(19)16-10-6-14(4-2)7-11-16/h8-9,12-14,16,18H,3-7,10-11,19H2,1-2H3. The Bertz CT molecular complexity index is 360. The van der Waals surface area contributed by atoms with E-state index in [4.69, 9.17) is 5.73 Å². The molecule has 1 atom stereocenters. The topological polar surface area (TPSA) is 26.0 Å². The van der Waals surface area contributed by atoms with Gasteiger partial charge in [-0.3, -0.25) is 0 Å². The van der Waals surface area contributed by atoms with Crippen molar-refractivity contribution in [3.63, 3.8) is 0 Å². The van der Waals surface area contributed by atoms with E-state index in [-0.39, 0.29) is 6.04 Å². The SMILES string of the molecule is CCCc1ccc(C(N)C2CCC(CC)CC2)cc1. The Morgan fingerprint density at radius 2 is 1.68 bits per heavy atom. The maximum Gasteiger partial charge on any atom is 0.0323 e. The average Bonchev–Trinajstić information content (AvgIpc) is 2.48. The normalized spacial score (nSPS) is 25.2. The lowest BCUT2D eigenvalue weighted by Crippen LogP contribution is -2.25. The Labute approximate surface area is 118 Å². The first kappa shape index (κ1) is 14.6. The molecule has 1 nitrogen and oxygen atoms in total. The summed E-state index contributed by atoms with van der Waals surface area (Å²) in [6, 6.07) is 9.27. The van der Waals surface area contributed by atoms with Gasteiger partial charge in [0.1, 0.15) is 0 Å². The Morgan fingerprint density at radius 1 is 1.05 bits per heavy atom. The molecule has 1 fully saturated rings. The molecule has 0 aliphatic heterocycles. The molecule has 19 heavy (non-hydrogen) atoms. The zero-order valence-corrected chi connectivity index (χ0v) is 12.6. The summed E-state index contributed by atoms with van der Waals surface area (Å²) in [6.45, 7) is 4.54. The summed E-state index contributed by atoms with van der Waals surface area (Å²) in [6.07, 6.45) is 9.12. The number of rotatable bonds is 5. The predicted molar refractivity (Wildman–Crippen MR) is 83.1 cm³/mol. The summed E-state index contributed by atoms with van der Waals surface area (Å²) >= 11 is 0. The highest BCUT2D eigenvalue weighted by Gasteiger charge is 2.25. The molecule has 1 aromatic carbocycles. The van der Waals surface area contributed by atoms with Crippen LogP contribution >= 0.6 is 0 Å². The van der Waals surface area contributed by atoms with Gasteiger partial charge in [-0.15, -0.1) is 0 Å². The van der Waals surface area contributed by atoms with Crippen molar-refractivity contribution in [2.75, 3.05) is 0 Å². The number of hydrogen-bond donors (Lipinski definition) is 1. The van der Waals surface area contributed by atoms with E-state index >= 15 is 0 Å². The minimum absolute atomic E-state index is 0.244. The van der Waals surface area contributed by atoms with Gasteiger partial charge < -0.3 is 5.73 Å². The zero-order valence-electron chi connectivity index (χ0n) is 12.6.